The molecule has 0 aliphatic rings. The molecule has 1 aromatic heterocycles. The van der Waals surface area contributed by atoms with E-state index < -0.39 is 10.0 Å². The van der Waals surface area contributed by atoms with Crippen molar-refractivity contribution in [3.05, 3.63) is 33.8 Å². The van der Waals surface area contributed by atoms with E-state index in [4.69, 9.17) is 11.6 Å². The van der Waals surface area contributed by atoms with E-state index in [1.165, 1.54) is 17.4 Å². The first-order valence-corrected chi connectivity index (χ1v) is 8.22. The van der Waals surface area contributed by atoms with Gasteiger partial charge in [0.25, 0.3) is 10.0 Å². The van der Waals surface area contributed by atoms with Crippen LogP contribution in [0.15, 0.2) is 23.1 Å². The SMILES string of the molecule is CCc1nnc(NS(=O)(=O)c2cccc(Cl)c2C)s1. The van der Waals surface area contributed by atoms with Crippen LogP contribution in [0.1, 0.15) is 17.5 Å². The zero-order chi connectivity index (χ0) is 14.0. The molecule has 0 bridgehead atoms. The monoisotopic (exact) mass is 317 g/mol. The van der Waals surface area contributed by atoms with Crippen molar-refractivity contribution in [1.82, 2.24) is 10.2 Å². The number of hydrogen-bond donors (Lipinski definition) is 1. The van der Waals surface area contributed by atoms with Crippen LogP contribution in [0.2, 0.25) is 5.02 Å². The summed E-state index contributed by atoms with van der Waals surface area (Å²) < 4.78 is 26.9. The molecule has 0 amide bonds. The van der Waals surface area contributed by atoms with Gasteiger partial charge in [-0.15, -0.1) is 10.2 Å². The van der Waals surface area contributed by atoms with Crippen molar-refractivity contribution >= 4 is 38.1 Å². The highest BCUT2D eigenvalue weighted by atomic mass is 35.5. The van der Waals surface area contributed by atoms with Gasteiger partial charge in [0.2, 0.25) is 5.13 Å². The number of hydrogen-bond acceptors (Lipinski definition) is 5. The lowest BCUT2D eigenvalue weighted by atomic mass is 10.2. The molecule has 1 N–H and O–H groups in total. The van der Waals surface area contributed by atoms with E-state index in [1.54, 1.807) is 19.1 Å². The summed E-state index contributed by atoms with van der Waals surface area (Å²) in [6, 6.07) is 4.75. The highest BCUT2D eigenvalue weighted by molar-refractivity contribution is 7.93. The first kappa shape index (κ1) is 14.2. The second kappa shape index (κ2) is 5.44. The Kier molecular flexibility index (Phi) is 4.07. The van der Waals surface area contributed by atoms with Crippen LogP contribution in [-0.4, -0.2) is 18.6 Å². The zero-order valence-corrected chi connectivity index (χ0v) is 12.7. The molecule has 0 saturated heterocycles. The lowest BCUT2D eigenvalue weighted by Gasteiger charge is -2.08. The molecular weight excluding hydrogens is 306 g/mol. The number of aromatic nitrogens is 2. The Morgan fingerprint density at radius 1 is 1.37 bits per heavy atom. The van der Waals surface area contributed by atoms with Gasteiger partial charge in [-0.25, -0.2) is 8.42 Å². The van der Waals surface area contributed by atoms with Crippen molar-refractivity contribution in [2.75, 3.05) is 4.72 Å². The maximum atomic E-state index is 12.2. The minimum absolute atomic E-state index is 0.147. The van der Waals surface area contributed by atoms with Crippen molar-refractivity contribution in [2.45, 2.75) is 25.2 Å². The van der Waals surface area contributed by atoms with Gasteiger partial charge in [-0.05, 0) is 31.0 Å². The van der Waals surface area contributed by atoms with E-state index in [0.29, 0.717) is 10.6 Å². The van der Waals surface area contributed by atoms with Gasteiger partial charge in [-0.2, -0.15) is 0 Å². The van der Waals surface area contributed by atoms with Gasteiger partial charge in [0.1, 0.15) is 5.01 Å². The zero-order valence-electron chi connectivity index (χ0n) is 10.3. The highest BCUT2D eigenvalue weighted by Crippen LogP contribution is 2.25. The van der Waals surface area contributed by atoms with Gasteiger partial charge < -0.3 is 0 Å². The third-order valence-corrected chi connectivity index (χ3v) is 5.50. The average Bonchev–Trinajstić information content (AvgIpc) is 2.79. The summed E-state index contributed by atoms with van der Waals surface area (Å²) in [7, 11) is -3.69. The molecule has 0 unspecified atom stereocenters. The van der Waals surface area contributed by atoms with Crippen molar-refractivity contribution < 1.29 is 8.42 Å². The first-order chi connectivity index (χ1) is 8.94. The van der Waals surface area contributed by atoms with Gasteiger partial charge >= 0.3 is 0 Å². The molecule has 5 nitrogen and oxygen atoms in total. The molecule has 0 aliphatic heterocycles. The fourth-order valence-corrected chi connectivity index (χ4v) is 3.90. The predicted octanol–water partition coefficient (Wildman–Crippen LogP) is 2.86. The van der Waals surface area contributed by atoms with Crippen LogP contribution in [-0.2, 0) is 16.4 Å². The third kappa shape index (κ3) is 3.05. The van der Waals surface area contributed by atoms with Gasteiger partial charge in [0.15, 0.2) is 0 Å². The quantitative estimate of drug-likeness (QED) is 0.941. The summed E-state index contributed by atoms with van der Waals surface area (Å²) in [6.45, 7) is 3.59. The fraction of sp³-hybridized carbons (Fsp3) is 0.273. The number of anilines is 1. The van der Waals surface area contributed by atoms with E-state index in [9.17, 15) is 8.42 Å². The Morgan fingerprint density at radius 3 is 2.74 bits per heavy atom. The maximum absolute atomic E-state index is 12.2. The Bertz CT molecular complexity index is 698. The minimum Gasteiger partial charge on any atom is -0.253 e. The Labute approximate surface area is 120 Å². The van der Waals surface area contributed by atoms with Crippen LogP contribution >= 0.6 is 22.9 Å². The topological polar surface area (TPSA) is 72.0 Å². The summed E-state index contributed by atoms with van der Waals surface area (Å²) in [4.78, 5) is 0.147. The molecule has 2 rings (SSSR count). The van der Waals surface area contributed by atoms with Crippen LogP contribution < -0.4 is 4.72 Å². The molecule has 1 aromatic carbocycles. The maximum Gasteiger partial charge on any atom is 0.264 e. The normalized spacial score (nSPS) is 11.5. The molecular formula is C11H12ClN3O2S2. The van der Waals surface area contributed by atoms with Crippen molar-refractivity contribution in [2.24, 2.45) is 0 Å². The van der Waals surface area contributed by atoms with Crippen molar-refractivity contribution in [1.29, 1.82) is 0 Å². The number of nitrogens with zero attached hydrogens (tertiary/aromatic N) is 2. The fourth-order valence-electron chi connectivity index (χ4n) is 1.49. The van der Waals surface area contributed by atoms with Crippen molar-refractivity contribution in [3.8, 4) is 0 Å². The standard InChI is InChI=1S/C11H12ClN3O2S2/c1-3-10-13-14-11(18-10)15-19(16,17)9-6-4-5-8(12)7(9)2/h4-6H,3H2,1-2H3,(H,14,15). The molecule has 0 aliphatic carbocycles. The molecule has 8 heteroatoms. The van der Waals surface area contributed by atoms with Gasteiger partial charge in [0.05, 0.1) is 4.90 Å². The molecule has 0 fully saturated rings. The Hall–Kier alpha value is -1.18. The summed E-state index contributed by atoms with van der Waals surface area (Å²) in [5.41, 5.74) is 0.511. The molecule has 0 spiro atoms. The average molecular weight is 318 g/mol. The summed E-state index contributed by atoms with van der Waals surface area (Å²) in [6.07, 6.45) is 0.718. The number of nitrogens with one attached hydrogen (secondary N) is 1. The second-order valence-corrected chi connectivity index (χ2v) is 6.94. The minimum atomic E-state index is -3.69. The largest absolute Gasteiger partial charge is 0.264 e. The highest BCUT2D eigenvalue weighted by Gasteiger charge is 2.19. The Morgan fingerprint density at radius 2 is 2.11 bits per heavy atom. The van der Waals surface area contributed by atoms with E-state index in [-0.39, 0.29) is 10.0 Å². The molecule has 102 valence electrons. The summed E-state index contributed by atoms with van der Waals surface area (Å²) >= 11 is 7.15. The van der Waals surface area contributed by atoms with Crippen molar-refractivity contribution in [3.63, 3.8) is 0 Å². The molecule has 2 aromatic rings. The Balaban J connectivity index is 2.35. The molecule has 1 heterocycles. The molecule has 0 saturated carbocycles. The smallest absolute Gasteiger partial charge is 0.253 e. The molecule has 19 heavy (non-hydrogen) atoms. The van der Waals surface area contributed by atoms with E-state index in [2.05, 4.69) is 14.9 Å². The third-order valence-electron chi connectivity index (χ3n) is 2.50. The number of sulfonamides is 1. The lowest BCUT2D eigenvalue weighted by molar-refractivity contribution is 0.600. The van der Waals surface area contributed by atoms with Crippen LogP contribution in [0, 0.1) is 6.92 Å². The molecule has 0 atom stereocenters. The number of benzene rings is 1. The van der Waals surface area contributed by atoms with E-state index in [0.717, 1.165) is 11.4 Å². The second-order valence-electron chi connectivity index (χ2n) is 3.82. The summed E-state index contributed by atoms with van der Waals surface area (Å²) in [5.74, 6) is 0. The summed E-state index contributed by atoms with van der Waals surface area (Å²) in [5, 5.41) is 9.11. The first-order valence-electron chi connectivity index (χ1n) is 5.54. The predicted molar refractivity (Wildman–Crippen MR) is 76.3 cm³/mol. The van der Waals surface area contributed by atoms with Gasteiger partial charge in [-0.1, -0.05) is 35.9 Å². The number of halogens is 1. The van der Waals surface area contributed by atoms with Crippen LogP contribution in [0.25, 0.3) is 0 Å². The van der Waals surface area contributed by atoms with Gasteiger partial charge in [0, 0.05) is 5.02 Å². The van der Waals surface area contributed by atoms with Crippen LogP contribution in [0.5, 0.6) is 0 Å². The van der Waals surface area contributed by atoms with Crippen LogP contribution in [0.4, 0.5) is 5.13 Å². The van der Waals surface area contributed by atoms with E-state index in [1.807, 2.05) is 6.92 Å². The van der Waals surface area contributed by atoms with Gasteiger partial charge in [-0.3, -0.25) is 4.72 Å². The number of rotatable bonds is 4. The van der Waals surface area contributed by atoms with E-state index >= 15 is 0 Å². The van der Waals surface area contributed by atoms with Crippen LogP contribution in [0.3, 0.4) is 0 Å². The number of aryl methyl sites for hydroxylation is 1. The molecule has 0 radical (unpaired) electrons. The lowest BCUT2D eigenvalue weighted by Crippen LogP contribution is -2.14.